The van der Waals surface area contributed by atoms with E-state index < -0.39 is 16.1 Å². The molecule has 0 saturated heterocycles. The highest BCUT2D eigenvalue weighted by molar-refractivity contribution is 7.89. The van der Waals surface area contributed by atoms with Gasteiger partial charge in [0.1, 0.15) is 0 Å². The monoisotopic (exact) mass is 311 g/mol. The number of rotatable bonds is 3. The van der Waals surface area contributed by atoms with E-state index in [1.807, 2.05) is 27.7 Å². The molecule has 0 aliphatic rings. The molecule has 1 rings (SSSR count). The van der Waals surface area contributed by atoms with Crippen molar-refractivity contribution < 1.29 is 13.2 Å². The lowest BCUT2D eigenvalue weighted by Gasteiger charge is -2.19. The summed E-state index contributed by atoms with van der Waals surface area (Å²) >= 11 is 0. The van der Waals surface area contributed by atoms with Crippen molar-refractivity contribution in [1.29, 1.82) is 0 Å². The molecule has 116 valence electrons. The molecular weight excluding hydrogens is 290 g/mol. The van der Waals surface area contributed by atoms with Crippen LogP contribution >= 0.6 is 0 Å². The predicted molar refractivity (Wildman–Crippen MR) is 83.2 cm³/mol. The lowest BCUT2D eigenvalue weighted by molar-refractivity contribution is 0.255. The first kappa shape index (κ1) is 17.2. The molecule has 6 nitrogen and oxygen atoms in total. The van der Waals surface area contributed by atoms with Crippen LogP contribution in [0.25, 0.3) is 0 Å². The Labute approximate surface area is 125 Å². The van der Waals surface area contributed by atoms with E-state index >= 15 is 0 Å². The Bertz CT molecular complexity index is 641. The molecule has 0 atom stereocenters. The molecule has 0 bridgehead atoms. The Balaban J connectivity index is 2.68. The number of hydrogen-bond donors (Lipinski definition) is 3. The van der Waals surface area contributed by atoms with Gasteiger partial charge in [-0.15, -0.1) is 0 Å². The molecule has 0 radical (unpaired) electrons. The molecule has 0 aliphatic carbocycles. The summed E-state index contributed by atoms with van der Waals surface area (Å²) in [5.74, 6) is 0. The van der Waals surface area contributed by atoms with Gasteiger partial charge in [0.05, 0.1) is 4.90 Å². The molecule has 1 aromatic carbocycles. The molecule has 0 saturated carbocycles. The predicted octanol–water partition coefficient (Wildman–Crippen LogP) is 2.41. The maximum Gasteiger partial charge on any atom is 0.323 e. The van der Waals surface area contributed by atoms with Crippen molar-refractivity contribution in [3.63, 3.8) is 0 Å². The molecule has 0 aliphatic heterocycles. The summed E-state index contributed by atoms with van der Waals surface area (Å²) in [6.45, 7) is 8.07. The molecule has 0 unspecified atom stereocenters. The standard InChI is InChI=1S/C14H21N3O3S/c1-10(14(2,3)4)9-16-13(18)17-11-5-7-12(8-6-11)21(15,19)20/h5-9H,1-4H3,(H2,15,19,20)(H2,16,17,18)/b10-9+. The summed E-state index contributed by atoms with van der Waals surface area (Å²) in [4.78, 5) is 11.7. The number of nitrogens with two attached hydrogens (primary N) is 1. The molecular formula is C14H21N3O3S. The van der Waals surface area contributed by atoms with Gasteiger partial charge in [0.15, 0.2) is 0 Å². The Hall–Kier alpha value is -1.86. The van der Waals surface area contributed by atoms with Gasteiger partial charge in [0.25, 0.3) is 0 Å². The molecule has 0 spiro atoms. The largest absolute Gasteiger partial charge is 0.323 e. The van der Waals surface area contributed by atoms with Crippen LogP contribution in [0.5, 0.6) is 0 Å². The van der Waals surface area contributed by atoms with E-state index in [1.165, 1.54) is 24.3 Å². The fraction of sp³-hybridized carbons (Fsp3) is 0.357. The van der Waals surface area contributed by atoms with Gasteiger partial charge in [0, 0.05) is 11.9 Å². The number of amides is 2. The number of hydrogen-bond acceptors (Lipinski definition) is 3. The normalized spacial score (nSPS) is 12.9. The third kappa shape index (κ3) is 5.57. The molecule has 1 aromatic rings. The minimum Gasteiger partial charge on any atom is -0.314 e. The quantitative estimate of drug-likeness (QED) is 0.799. The molecule has 4 N–H and O–H groups in total. The molecule has 0 heterocycles. The molecule has 21 heavy (non-hydrogen) atoms. The van der Waals surface area contributed by atoms with Gasteiger partial charge < -0.3 is 10.6 Å². The summed E-state index contributed by atoms with van der Waals surface area (Å²) < 4.78 is 22.2. The zero-order valence-electron chi connectivity index (χ0n) is 12.6. The highest BCUT2D eigenvalue weighted by Crippen LogP contribution is 2.23. The van der Waals surface area contributed by atoms with E-state index in [9.17, 15) is 13.2 Å². The van der Waals surface area contributed by atoms with E-state index in [2.05, 4.69) is 10.6 Å². The van der Waals surface area contributed by atoms with E-state index in [1.54, 1.807) is 6.20 Å². The number of allylic oxidation sites excluding steroid dienone is 1. The minimum atomic E-state index is -3.72. The van der Waals surface area contributed by atoms with Crippen LogP contribution in [-0.4, -0.2) is 14.4 Å². The summed E-state index contributed by atoms with van der Waals surface area (Å²) in [6, 6.07) is 5.21. The van der Waals surface area contributed by atoms with Gasteiger partial charge >= 0.3 is 6.03 Å². The number of sulfonamides is 1. The second kappa shape index (κ2) is 6.28. The van der Waals surface area contributed by atoms with Crippen molar-refractivity contribution in [1.82, 2.24) is 5.32 Å². The van der Waals surface area contributed by atoms with Crippen molar-refractivity contribution >= 4 is 21.7 Å². The number of benzene rings is 1. The number of primary sulfonamides is 1. The Kier molecular flexibility index (Phi) is 5.14. The second-order valence-corrected chi connectivity index (χ2v) is 7.31. The number of carbonyl (C=O) groups is 1. The van der Waals surface area contributed by atoms with Gasteiger partial charge in [-0.3, -0.25) is 0 Å². The number of anilines is 1. The van der Waals surface area contributed by atoms with Gasteiger partial charge in [-0.2, -0.15) is 0 Å². The lowest BCUT2D eigenvalue weighted by atomic mass is 9.88. The van der Waals surface area contributed by atoms with Crippen LogP contribution in [0.15, 0.2) is 40.9 Å². The van der Waals surface area contributed by atoms with E-state index in [-0.39, 0.29) is 10.3 Å². The van der Waals surface area contributed by atoms with Crippen LogP contribution in [0.2, 0.25) is 0 Å². The van der Waals surface area contributed by atoms with Crippen LogP contribution in [0.4, 0.5) is 10.5 Å². The minimum absolute atomic E-state index is 0.00284. The average Bonchev–Trinajstić information content (AvgIpc) is 2.34. The topological polar surface area (TPSA) is 101 Å². The molecule has 2 amide bonds. The van der Waals surface area contributed by atoms with Gasteiger partial charge in [-0.1, -0.05) is 26.3 Å². The smallest absolute Gasteiger partial charge is 0.314 e. The summed E-state index contributed by atoms with van der Waals surface area (Å²) in [5.41, 5.74) is 1.48. The second-order valence-electron chi connectivity index (χ2n) is 5.75. The molecule has 0 fully saturated rings. The highest BCUT2D eigenvalue weighted by atomic mass is 32.2. The van der Waals surface area contributed by atoms with Crippen LogP contribution in [-0.2, 0) is 10.0 Å². The fourth-order valence-electron chi connectivity index (χ4n) is 1.29. The lowest BCUT2D eigenvalue weighted by Crippen LogP contribution is -2.25. The Morgan fingerprint density at radius 2 is 1.71 bits per heavy atom. The third-order valence-corrected chi connectivity index (χ3v) is 3.97. The molecule has 0 aromatic heterocycles. The zero-order valence-corrected chi connectivity index (χ0v) is 13.4. The summed E-state index contributed by atoms with van der Waals surface area (Å²) in [6.07, 6.45) is 1.65. The number of urea groups is 1. The Morgan fingerprint density at radius 3 is 2.14 bits per heavy atom. The van der Waals surface area contributed by atoms with Crippen LogP contribution in [0.3, 0.4) is 0 Å². The maximum absolute atomic E-state index is 11.7. The van der Waals surface area contributed by atoms with Crippen LogP contribution < -0.4 is 15.8 Å². The first-order chi connectivity index (χ1) is 9.50. The molecule has 7 heteroatoms. The van der Waals surface area contributed by atoms with Gasteiger partial charge in [0.2, 0.25) is 10.0 Å². The van der Waals surface area contributed by atoms with Crippen molar-refractivity contribution in [2.24, 2.45) is 10.6 Å². The maximum atomic E-state index is 11.7. The van der Waals surface area contributed by atoms with E-state index in [4.69, 9.17) is 5.14 Å². The Morgan fingerprint density at radius 1 is 1.19 bits per heavy atom. The van der Waals surface area contributed by atoms with Crippen LogP contribution in [0.1, 0.15) is 27.7 Å². The van der Waals surface area contributed by atoms with Crippen molar-refractivity contribution in [3.05, 3.63) is 36.0 Å². The zero-order chi connectivity index (χ0) is 16.3. The van der Waals surface area contributed by atoms with Crippen molar-refractivity contribution in [2.45, 2.75) is 32.6 Å². The first-order valence-corrected chi connectivity index (χ1v) is 7.92. The van der Waals surface area contributed by atoms with Crippen molar-refractivity contribution in [2.75, 3.05) is 5.32 Å². The fourth-order valence-corrected chi connectivity index (χ4v) is 1.80. The van der Waals surface area contributed by atoms with E-state index in [0.717, 1.165) is 5.57 Å². The van der Waals surface area contributed by atoms with Gasteiger partial charge in [-0.25, -0.2) is 18.4 Å². The number of nitrogens with one attached hydrogen (secondary N) is 2. The highest BCUT2D eigenvalue weighted by Gasteiger charge is 2.12. The first-order valence-electron chi connectivity index (χ1n) is 6.38. The average molecular weight is 311 g/mol. The van der Waals surface area contributed by atoms with Crippen molar-refractivity contribution in [3.8, 4) is 0 Å². The summed E-state index contributed by atoms with van der Waals surface area (Å²) in [5, 5.41) is 10.2. The SMILES string of the molecule is C/C(=C\NC(=O)Nc1ccc(S(N)(=O)=O)cc1)C(C)(C)C. The number of carbonyl (C=O) groups excluding carboxylic acids is 1. The van der Waals surface area contributed by atoms with Crippen LogP contribution in [0, 0.1) is 5.41 Å². The third-order valence-electron chi connectivity index (χ3n) is 3.04. The van der Waals surface area contributed by atoms with Gasteiger partial charge in [-0.05, 0) is 36.6 Å². The van der Waals surface area contributed by atoms with E-state index in [0.29, 0.717) is 5.69 Å². The summed E-state index contributed by atoms with van der Waals surface area (Å²) in [7, 11) is -3.72.